The predicted octanol–water partition coefficient (Wildman–Crippen LogP) is 3.71. The summed E-state index contributed by atoms with van der Waals surface area (Å²) in [7, 11) is 0. The molecule has 0 radical (unpaired) electrons. The largest absolute Gasteiger partial charge is 0.462 e. The highest BCUT2D eigenvalue weighted by Crippen LogP contribution is 2.11. The molecule has 15 heavy (non-hydrogen) atoms. The number of hydrogen-bond donors (Lipinski definition) is 0. The van der Waals surface area contributed by atoms with E-state index in [0.717, 1.165) is 32.1 Å². The molecule has 0 fully saturated rings. The van der Waals surface area contributed by atoms with Crippen molar-refractivity contribution in [2.75, 3.05) is 6.61 Å². The van der Waals surface area contributed by atoms with E-state index in [1.165, 1.54) is 0 Å². The maximum Gasteiger partial charge on any atom is 0.333 e. The summed E-state index contributed by atoms with van der Waals surface area (Å²) in [6, 6.07) is 0. The van der Waals surface area contributed by atoms with E-state index in [1.807, 2.05) is 0 Å². The van der Waals surface area contributed by atoms with Crippen LogP contribution < -0.4 is 0 Å². The van der Waals surface area contributed by atoms with E-state index in [2.05, 4.69) is 27.4 Å². The van der Waals surface area contributed by atoms with Crippen molar-refractivity contribution in [2.45, 2.75) is 52.9 Å². The zero-order valence-electron chi connectivity index (χ0n) is 10.3. The molecule has 0 aliphatic heterocycles. The highest BCUT2D eigenvalue weighted by Gasteiger charge is 2.08. The van der Waals surface area contributed by atoms with E-state index in [1.54, 1.807) is 0 Å². The third-order valence-electron chi connectivity index (χ3n) is 2.29. The molecule has 0 aliphatic carbocycles. The molecule has 0 bridgehead atoms. The van der Waals surface area contributed by atoms with Crippen LogP contribution in [0.3, 0.4) is 0 Å². The molecule has 88 valence electrons. The van der Waals surface area contributed by atoms with Gasteiger partial charge in [0.15, 0.2) is 0 Å². The second-order valence-corrected chi connectivity index (χ2v) is 4.38. The fraction of sp³-hybridized carbons (Fsp3) is 0.769. The van der Waals surface area contributed by atoms with Crippen molar-refractivity contribution in [2.24, 2.45) is 5.92 Å². The number of esters is 1. The number of hydrogen-bond acceptors (Lipinski definition) is 2. The molecule has 0 aromatic heterocycles. The van der Waals surface area contributed by atoms with Gasteiger partial charge in [0.25, 0.3) is 0 Å². The van der Waals surface area contributed by atoms with Crippen LogP contribution in [0.5, 0.6) is 0 Å². The minimum absolute atomic E-state index is 0.216. The molecule has 0 saturated carbocycles. The molecular weight excluding hydrogens is 188 g/mol. The lowest BCUT2D eigenvalue weighted by atomic mass is 10.0. The molecule has 0 amide bonds. The lowest BCUT2D eigenvalue weighted by molar-refractivity contribution is -0.139. The van der Waals surface area contributed by atoms with E-state index >= 15 is 0 Å². The van der Waals surface area contributed by atoms with Crippen molar-refractivity contribution in [3.05, 3.63) is 12.2 Å². The fourth-order valence-corrected chi connectivity index (χ4v) is 1.18. The highest BCUT2D eigenvalue weighted by atomic mass is 16.5. The Morgan fingerprint density at radius 3 is 2.53 bits per heavy atom. The molecule has 0 unspecified atom stereocenters. The molecule has 0 heterocycles. The third kappa shape index (κ3) is 8.22. The van der Waals surface area contributed by atoms with Gasteiger partial charge in [0.05, 0.1) is 6.61 Å². The van der Waals surface area contributed by atoms with Crippen LogP contribution in [0.4, 0.5) is 0 Å². The van der Waals surface area contributed by atoms with Crippen LogP contribution in [-0.2, 0) is 9.53 Å². The first-order valence-electron chi connectivity index (χ1n) is 5.92. The monoisotopic (exact) mass is 212 g/mol. The van der Waals surface area contributed by atoms with Gasteiger partial charge >= 0.3 is 5.97 Å². The molecule has 0 spiro atoms. The first-order valence-corrected chi connectivity index (χ1v) is 5.92. The average Bonchev–Trinajstić information content (AvgIpc) is 2.20. The Morgan fingerprint density at radius 1 is 1.33 bits per heavy atom. The molecule has 0 aliphatic rings. The van der Waals surface area contributed by atoms with Gasteiger partial charge in [-0.1, -0.05) is 40.2 Å². The van der Waals surface area contributed by atoms with Crippen molar-refractivity contribution in [3.63, 3.8) is 0 Å². The molecule has 0 aromatic rings. The van der Waals surface area contributed by atoms with Crippen LogP contribution in [-0.4, -0.2) is 12.6 Å². The zero-order chi connectivity index (χ0) is 11.7. The van der Waals surface area contributed by atoms with Gasteiger partial charge < -0.3 is 4.74 Å². The van der Waals surface area contributed by atoms with Crippen LogP contribution in [0.15, 0.2) is 12.2 Å². The van der Waals surface area contributed by atoms with Gasteiger partial charge in [0.1, 0.15) is 0 Å². The van der Waals surface area contributed by atoms with Crippen molar-refractivity contribution in [1.82, 2.24) is 0 Å². The Bertz CT molecular complexity index is 195. The molecule has 0 rings (SSSR count). The van der Waals surface area contributed by atoms with Crippen LogP contribution in [0.25, 0.3) is 0 Å². The van der Waals surface area contributed by atoms with Crippen molar-refractivity contribution in [1.29, 1.82) is 0 Å². The normalized spacial score (nSPS) is 10.4. The smallest absolute Gasteiger partial charge is 0.333 e. The van der Waals surface area contributed by atoms with Crippen LogP contribution in [0, 0.1) is 5.92 Å². The summed E-state index contributed by atoms with van der Waals surface area (Å²) in [4.78, 5) is 11.4. The Morgan fingerprint density at radius 2 is 2.00 bits per heavy atom. The molecule has 2 nitrogen and oxygen atoms in total. The van der Waals surface area contributed by atoms with Gasteiger partial charge in [-0.2, -0.15) is 0 Å². The lowest BCUT2D eigenvalue weighted by Gasteiger charge is -2.08. The summed E-state index contributed by atoms with van der Waals surface area (Å²) in [6.07, 6.45) is 4.98. The van der Waals surface area contributed by atoms with E-state index in [-0.39, 0.29) is 5.97 Å². The van der Waals surface area contributed by atoms with Crippen molar-refractivity contribution < 1.29 is 9.53 Å². The fourth-order valence-electron chi connectivity index (χ4n) is 1.18. The van der Waals surface area contributed by atoms with Gasteiger partial charge in [-0.05, 0) is 25.2 Å². The average molecular weight is 212 g/mol. The number of ether oxygens (including phenoxy) is 1. The molecule has 0 atom stereocenters. The molecule has 0 aromatic carbocycles. The van der Waals surface area contributed by atoms with Crippen molar-refractivity contribution in [3.8, 4) is 0 Å². The standard InChI is InChI=1S/C13H24O2/c1-5-6-7-10-15-13(14)12(4)9-8-11(2)3/h11H,4-10H2,1-3H3. The topological polar surface area (TPSA) is 26.3 Å². The quantitative estimate of drug-likeness (QED) is 0.348. The van der Waals surface area contributed by atoms with Gasteiger partial charge in [-0.15, -0.1) is 0 Å². The second-order valence-electron chi connectivity index (χ2n) is 4.38. The van der Waals surface area contributed by atoms with E-state index < -0.39 is 0 Å². The summed E-state index contributed by atoms with van der Waals surface area (Å²) in [5, 5.41) is 0. The first-order chi connectivity index (χ1) is 7.07. The Hall–Kier alpha value is -0.790. The number of carbonyl (C=O) groups is 1. The summed E-state index contributed by atoms with van der Waals surface area (Å²) in [5.41, 5.74) is 0.611. The second kappa shape index (κ2) is 8.51. The highest BCUT2D eigenvalue weighted by molar-refractivity contribution is 5.87. The van der Waals surface area contributed by atoms with Crippen LogP contribution in [0.1, 0.15) is 52.9 Å². The molecule has 0 N–H and O–H groups in total. The van der Waals surface area contributed by atoms with Crippen LogP contribution >= 0.6 is 0 Å². The Kier molecular flexibility index (Phi) is 8.06. The summed E-state index contributed by atoms with van der Waals surface area (Å²) < 4.78 is 5.10. The van der Waals surface area contributed by atoms with Gasteiger partial charge in [-0.25, -0.2) is 4.79 Å². The number of rotatable bonds is 8. The predicted molar refractivity (Wildman–Crippen MR) is 63.7 cm³/mol. The van der Waals surface area contributed by atoms with Gasteiger partial charge in [0, 0.05) is 5.57 Å². The third-order valence-corrected chi connectivity index (χ3v) is 2.29. The minimum atomic E-state index is -0.216. The zero-order valence-corrected chi connectivity index (χ0v) is 10.3. The van der Waals surface area contributed by atoms with Gasteiger partial charge in [-0.3, -0.25) is 0 Å². The van der Waals surface area contributed by atoms with Gasteiger partial charge in [0.2, 0.25) is 0 Å². The summed E-state index contributed by atoms with van der Waals surface area (Å²) >= 11 is 0. The Labute approximate surface area is 93.7 Å². The lowest BCUT2D eigenvalue weighted by Crippen LogP contribution is -2.09. The van der Waals surface area contributed by atoms with Crippen LogP contribution in [0.2, 0.25) is 0 Å². The SMILES string of the molecule is C=C(CCC(C)C)C(=O)OCCCCC. The molecule has 2 heteroatoms. The van der Waals surface area contributed by atoms with Crippen molar-refractivity contribution >= 4 is 5.97 Å². The first kappa shape index (κ1) is 14.2. The maximum atomic E-state index is 11.4. The molecule has 0 saturated heterocycles. The number of unbranched alkanes of at least 4 members (excludes halogenated alkanes) is 2. The van der Waals surface area contributed by atoms with E-state index in [9.17, 15) is 4.79 Å². The summed E-state index contributed by atoms with van der Waals surface area (Å²) in [5.74, 6) is 0.390. The van der Waals surface area contributed by atoms with E-state index in [4.69, 9.17) is 4.74 Å². The summed E-state index contributed by atoms with van der Waals surface area (Å²) in [6.45, 7) is 10.7. The maximum absolute atomic E-state index is 11.4. The molecular formula is C13H24O2. The number of carbonyl (C=O) groups excluding carboxylic acids is 1. The van der Waals surface area contributed by atoms with E-state index in [0.29, 0.717) is 18.1 Å². The minimum Gasteiger partial charge on any atom is -0.462 e. The Balaban J connectivity index is 3.56.